The lowest BCUT2D eigenvalue weighted by Gasteiger charge is -2.14. The summed E-state index contributed by atoms with van der Waals surface area (Å²) >= 11 is 0. The number of hydrogen-bond donors (Lipinski definition) is 1. The zero-order valence-electron chi connectivity index (χ0n) is 13.3. The Hall–Kier alpha value is -1.73. The Morgan fingerprint density at radius 3 is 2.82 bits per heavy atom. The molecule has 0 aliphatic carbocycles. The summed E-state index contributed by atoms with van der Waals surface area (Å²) in [4.78, 5) is 6.52. The number of aromatic nitrogens is 4. The molecular formula is C15H23N5O2. The molecule has 0 amide bonds. The zero-order chi connectivity index (χ0) is 15.7. The van der Waals surface area contributed by atoms with E-state index in [1.807, 2.05) is 10.9 Å². The monoisotopic (exact) mass is 305 g/mol. The van der Waals surface area contributed by atoms with Crippen LogP contribution in [0.5, 0.6) is 0 Å². The summed E-state index contributed by atoms with van der Waals surface area (Å²) in [5.74, 6) is 1.80. The summed E-state index contributed by atoms with van der Waals surface area (Å²) in [5, 5.41) is 18.1. The summed E-state index contributed by atoms with van der Waals surface area (Å²) in [7, 11) is 0. The van der Waals surface area contributed by atoms with E-state index in [0.29, 0.717) is 30.2 Å². The van der Waals surface area contributed by atoms with E-state index in [4.69, 9.17) is 4.52 Å². The number of aryl methyl sites for hydroxylation is 1. The fourth-order valence-electron chi connectivity index (χ4n) is 3.08. The first-order valence-corrected chi connectivity index (χ1v) is 7.73. The molecule has 2 atom stereocenters. The van der Waals surface area contributed by atoms with Gasteiger partial charge in [0.25, 0.3) is 0 Å². The van der Waals surface area contributed by atoms with Crippen molar-refractivity contribution in [2.45, 2.75) is 39.3 Å². The van der Waals surface area contributed by atoms with E-state index in [0.717, 1.165) is 13.1 Å². The van der Waals surface area contributed by atoms with Crippen molar-refractivity contribution in [3.8, 4) is 0 Å². The van der Waals surface area contributed by atoms with Crippen molar-refractivity contribution in [1.82, 2.24) is 24.8 Å². The molecule has 120 valence electrons. The van der Waals surface area contributed by atoms with Gasteiger partial charge in [-0.25, -0.2) is 0 Å². The van der Waals surface area contributed by atoms with Gasteiger partial charge in [-0.3, -0.25) is 9.58 Å². The smallest absolute Gasteiger partial charge is 0.223 e. The van der Waals surface area contributed by atoms with Crippen molar-refractivity contribution in [1.29, 1.82) is 0 Å². The molecule has 3 heterocycles. The summed E-state index contributed by atoms with van der Waals surface area (Å²) in [6.45, 7) is 8.56. The van der Waals surface area contributed by atoms with Crippen LogP contribution in [0.15, 0.2) is 16.9 Å². The van der Waals surface area contributed by atoms with Crippen LogP contribution < -0.4 is 0 Å². The third-order valence-corrected chi connectivity index (χ3v) is 4.26. The minimum absolute atomic E-state index is 0.180. The first-order chi connectivity index (χ1) is 10.6. The van der Waals surface area contributed by atoms with Gasteiger partial charge in [0, 0.05) is 50.7 Å². The fraction of sp³-hybridized carbons (Fsp3) is 0.667. The molecule has 0 saturated carbocycles. The van der Waals surface area contributed by atoms with E-state index >= 15 is 0 Å². The molecule has 1 saturated heterocycles. The molecule has 1 N–H and O–H groups in total. The molecule has 0 radical (unpaired) electrons. The first kappa shape index (κ1) is 15.2. The van der Waals surface area contributed by atoms with Gasteiger partial charge in [0.2, 0.25) is 5.89 Å². The lowest BCUT2D eigenvalue weighted by molar-refractivity contribution is 0.212. The number of aliphatic hydroxyl groups is 1. The van der Waals surface area contributed by atoms with Crippen LogP contribution in [0.2, 0.25) is 0 Å². The van der Waals surface area contributed by atoms with Crippen molar-refractivity contribution in [2.75, 3.05) is 19.7 Å². The second-order valence-electron chi connectivity index (χ2n) is 6.32. The van der Waals surface area contributed by atoms with Crippen LogP contribution in [0.1, 0.15) is 43.1 Å². The average molecular weight is 305 g/mol. The number of likely N-dealkylation sites (tertiary alicyclic amines) is 1. The first-order valence-electron chi connectivity index (χ1n) is 7.73. The average Bonchev–Trinajstić information content (AvgIpc) is 3.18. The molecule has 2 aromatic heterocycles. The minimum atomic E-state index is 0.180. The third kappa shape index (κ3) is 3.05. The molecule has 1 fully saturated rings. The van der Waals surface area contributed by atoms with Gasteiger partial charge in [0.15, 0.2) is 5.82 Å². The van der Waals surface area contributed by atoms with E-state index in [9.17, 15) is 5.11 Å². The van der Waals surface area contributed by atoms with E-state index in [1.165, 1.54) is 5.56 Å². The van der Waals surface area contributed by atoms with Gasteiger partial charge in [-0.1, -0.05) is 5.16 Å². The molecule has 1 aliphatic heterocycles. The van der Waals surface area contributed by atoms with Gasteiger partial charge in [0.1, 0.15) is 0 Å². The van der Waals surface area contributed by atoms with Crippen LogP contribution in [0.25, 0.3) is 0 Å². The van der Waals surface area contributed by atoms with Crippen LogP contribution in [0.3, 0.4) is 0 Å². The normalized spacial score (nSPS) is 22.8. The second kappa shape index (κ2) is 6.18. The van der Waals surface area contributed by atoms with E-state index in [-0.39, 0.29) is 12.5 Å². The Morgan fingerprint density at radius 1 is 1.41 bits per heavy atom. The third-order valence-electron chi connectivity index (χ3n) is 4.26. The van der Waals surface area contributed by atoms with Gasteiger partial charge in [-0.05, 0) is 19.4 Å². The van der Waals surface area contributed by atoms with Gasteiger partial charge < -0.3 is 9.63 Å². The number of nitrogens with zero attached hydrogens (tertiary/aromatic N) is 5. The second-order valence-corrected chi connectivity index (χ2v) is 6.32. The van der Waals surface area contributed by atoms with Crippen molar-refractivity contribution in [2.24, 2.45) is 5.92 Å². The molecule has 7 heteroatoms. The van der Waals surface area contributed by atoms with Crippen molar-refractivity contribution >= 4 is 0 Å². The van der Waals surface area contributed by atoms with E-state index in [2.05, 4.69) is 40.2 Å². The SMILES string of the molecule is Cc1nc(CN2C[C@@H](CO)[C@H](c3cnn(C(C)C)c3)C2)no1. The van der Waals surface area contributed by atoms with Gasteiger partial charge >= 0.3 is 0 Å². The lowest BCUT2D eigenvalue weighted by Crippen LogP contribution is -2.21. The van der Waals surface area contributed by atoms with Crippen LogP contribution in [0.4, 0.5) is 0 Å². The highest BCUT2D eigenvalue weighted by molar-refractivity contribution is 5.16. The Bertz CT molecular complexity index is 621. The maximum absolute atomic E-state index is 9.70. The lowest BCUT2D eigenvalue weighted by atomic mass is 9.92. The molecule has 2 aromatic rings. The standard InChI is InChI=1S/C15H23N5O2/c1-10(2)20-6-12(4-16-20)14-7-19(5-13(14)9-21)8-15-17-11(3)22-18-15/h4,6,10,13-14,21H,5,7-9H2,1-3H3/t13-,14-/m0/s1. The quantitative estimate of drug-likeness (QED) is 0.898. The van der Waals surface area contributed by atoms with Crippen LogP contribution in [0, 0.1) is 12.8 Å². The molecule has 22 heavy (non-hydrogen) atoms. The number of aliphatic hydroxyl groups excluding tert-OH is 1. The van der Waals surface area contributed by atoms with E-state index in [1.54, 1.807) is 6.92 Å². The minimum Gasteiger partial charge on any atom is -0.396 e. The zero-order valence-corrected chi connectivity index (χ0v) is 13.3. The molecule has 0 spiro atoms. The van der Waals surface area contributed by atoms with Crippen LogP contribution in [-0.4, -0.2) is 49.6 Å². The molecule has 0 unspecified atom stereocenters. The van der Waals surface area contributed by atoms with Crippen LogP contribution >= 0.6 is 0 Å². The highest BCUT2D eigenvalue weighted by Crippen LogP contribution is 2.33. The predicted molar refractivity (Wildman–Crippen MR) is 80.2 cm³/mol. The van der Waals surface area contributed by atoms with E-state index < -0.39 is 0 Å². The predicted octanol–water partition coefficient (Wildman–Crippen LogP) is 1.36. The molecule has 0 aromatic carbocycles. The maximum Gasteiger partial charge on any atom is 0.223 e. The highest BCUT2D eigenvalue weighted by atomic mass is 16.5. The molecular weight excluding hydrogens is 282 g/mol. The highest BCUT2D eigenvalue weighted by Gasteiger charge is 2.34. The topological polar surface area (TPSA) is 80.2 Å². The van der Waals surface area contributed by atoms with Gasteiger partial charge in [-0.2, -0.15) is 10.1 Å². The summed E-state index contributed by atoms with van der Waals surface area (Å²) in [5.41, 5.74) is 1.19. The number of hydrogen-bond acceptors (Lipinski definition) is 6. The van der Waals surface area contributed by atoms with Crippen molar-refractivity contribution in [3.05, 3.63) is 29.7 Å². The van der Waals surface area contributed by atoms with Gasteiger partial charge in [-0.15, -0.1) is 0 Å². The summed E-state index contributed by atoms with van der Waals surface area (Å²) in [6, 6.07) is 0.348. The Labute approximate surface area is 129 Å². The largest absolute Gasteiger partial charge is 0.396 e. The fourth-order valence-corrected chi connectivity index (χ4v) is 3.08. The van der Waals surface area contributed by atoms with Crippen molar-refractivity contribution < 1.29 is 9.63 Å². The van der Waals surface area contributed by atoms with Gasteiger partial charge in [0.05, 0.1) is 12.7 Å². The van der Waals surface area contributed by atoms with Crippen LogP contribution in [-0.2, 0) is 6.54 Å². The molecule has 0 bridgehead atoms. The summed E-state index contributed by atoms with van der Waals surface area (Å²) in [6.07, 6.45) is 4.02. The molecule has 7 nitrogen and oxygen atoms in total. The van der Waals surface area contributed by atoms with Crippen molar-refractivity contribution in [3.63, 3.8) is 0 Å². The molecule has 3 rings (SSSR count). The Kier molecular flexibility index (Phi) is 4.26. The molecule has 1 aliphatic rings. The maximum atomic E-state index is 9.70. The summed E-state index contributed by atoms with van der Waals surface area (Å²) < 4.78 is 6.99. The Morgan fingerprint density at radius 2 is 2.23 bits per heavy atom. The number of rotatable bonds is 5. The Balaban J connectivity index is 1.71.